The Balaban J connectivity index is 2.37. The molecule has 82 valence electrons. The van der Waals surface area contributed by atoms with Gasteiger partial charge in [0, 0.05) is 0 Å². The van der Waals surface area contributed by atoms with Crippen LogP contribution in [-0.4, -0.2) is 9.55 Å². The van der Waals surface area contributed by atoms with Gasteiger partial charge in [0.2, 0.25) is 0 Å². The molecule has 0 aliphatic carbocycles. The van der Waals surface area contributed by atoms with Gasteiger partial charge in [-0.3, -0.25) is 9.36 Å². The minimum absolute atomic E-state index is 0.0379. The largest absolute Gasteiger partial charge is 0.293 e. The monoisotopic (exact) mass is 254 g/mol. The lowest BCUT2D eigenvalue weighted by molar-refractivity contribution is 0.736. The molecule has 0 radical (unpaired) electrons. The number of nitrogens with zero attached hydrogens (tertiary/aromatic N) is 2. The molecule has 0 unspecified atom stereocenters. The van der Waals surface area contributed by atoms with E-state index in [-0.39, 0.29) is 15.7 Å². The van der Waals surface area contributed by atoms with Gasteiger partial charge < -0.3 is 0 Å². The third-order valence-corrected chi connectivity index (χ3v) is 2.86. The maximum atomic E-state index is 11.7. The first-order chi connectivity index (χ1) is 7.68. The van der Waals surface area contributed by atoms with Crippen LogP contribution in [0.2, 0.25) is 10.2 Å². The molecule has 0 aliphatic heterocycles. The van der Waals surface area contributed by atoms with Crippen molar-refractivity contribution in [3.8, 4) is 0 Å². The Morgan fingerprint density at radius 2 is 1.88 bits per heavy atom. The van der Waals surface area contributed by atoms with Gasteiger partial charge >= 0.3 is 0 Å². The molecule has 0 atom stereocenters. The smallest absolute Gasteiger partial charge is 0.273 e. The normalized spacial score (nSPS) is 10.4. The number of halogens is 2. The zero-order valence-corrected chi connectivity index (χ0v) is 9.74. The fraction of sp³-hybridized carbons (Fsp3) is 0.0909. The zero-order valence-electron chi connectivity index (χ0n) is 8.23. The molecule has 1 aromatic carbocycles. The summed E-state index contributed by atoms with van der Waals surface area (Å²) in [6, 6.07) is 9.58. The van der Waals surface area contributed by atoms with Crippen LogP contribution in [0.5, 0.6) is 0 Å². The van der Waals surface area contributed by atoms with E-state index in [1.54, 1.807) is 0 Å². The van der Waals surface area contributed by atoms with Crippen molar-refractivity contribution in [1.82, 2.24) is 9.55 Å². The maximum Gasteiger partial charge on any atom is 0.273 e. The van der Waals surface area contributed by atoms with Gasteiger partial charge in [0.1, 0.15) is 5.02 Å². The van der Waals surface area contributed by atoms with Crippen molar-refractivity contribution in [2.24, 2.45) is 0 Å². The summed E-state index contributed by atoms with van der Waals surface area (Å²) in [6.07, 6.45) is 1.39. The molecule has 0 spiro atoms. The second-order valence-corrected chi connectivity index (χ2v) is 4.00. The molecule has 0 bridgehead atoms. The van der Waals surface area contributed by atoms with Gasteiger partial charge in [-0.25, -0.2) is 4.98 Å². The first kappa shape index (κ1) is 11.2. The lowest BCUT2D eigenvalue weighted by Gasteiger charge is -2.05. The molecule has 0 saturated carbocycles. The van der Waals surface area contributed by atoms with E-state index in [1.807, 2.05) is 30.3 Å². The van der Waals surface area contributed by atoms with Crippen LogP contribution in [-0.2, 0) is 6.54 Å². The van der Waals surface area contributed by atoms with Crippen molar-refractivity contribution in [2.45, 2.75) is 6.54 Å². The highest BCUT2D eigenvalue weighted by Gasteiger charge is 2.07. The number of hydrogen-bond acceptors (Lipinski definition) is 2. The van der Waals surface area contributed by atoms with Crippen LogP contribution in [0.15, 0.2) is 41.5 Å². The molecule has 0 N–H and O–H groups in total. The quantitative estimate of drug-likeness (QED) is 0.773. The molecule has 0 fully saturated rings. The van der Waals surface area contributed by atoms with Crippen molar-refractivity contribution < 1.29 is 0 Å². The van der Waals surface area contributed by atoms with E-state index in [2.05, 4.69) is 4.98 Å². The summed E-state index contributed by atoms with van der Waals surface area (Å²) < 4.78 is 1.42. The maximum absolute atomic E-state index is 11.7. The van der Waals surface area contributed by atoms with Crippen LogP contribution in [0.4, 0.5) is 0 Å². The SMILES string of the molecule is O=c1c(Cl)c(Cl)ncn1Cc1ccccc1. The average molecular weight is 255 g/mol. The van der Waals surface area contributed by atoms with Gasteiger partial charge in [0.05, 0.1) is 12.9 Å². The summed E-state index contributed by atoms with van der Waals surface area (Å²) in [4.78, 5) is 15.5. The highest BCUT2D eigenvalue weighted by molar-refractivity contribution is 6.40. The number of hydrogen-bond donors (Lipinski definition) is 0. The van der Waals surface area contributed by atoms with Crippen LogP contribution >= 0.6 is 23.2 Å². The second-order valence-electron chi connectivity index (χ2n) is 3.27. The average Bonchev–Trinajstić information content (AvgIpc) is 2.31. The predicted octanol–water partition coefficient (Wildman–Crippen LogP) is 2.60. The molecule has 16 heavy (non-hydrogen) atoms. The predicted molar refractivity (Wildman–Crippen MR) is 64.1 cm³/mol. The summed E-state index contributed by atoms with van der Waals surface area (Å²) in [5, 5.41) is -0.00363. The molecule has 2 aromatic rings. The van der Waals surface area contributed by atoms with E-state index in [0.717, 1.165) is 5.56 Å². The Kier molecular flexibility index (Phi) is 3.27. The van der Waals surface area contributed by atoms with Crippen LogP contribution in [0, 0.1) is 0 Å². The summed E-state index contributed by atoms with van der Waals surface area (Å²) in [6.45, 7) is 0.434. The number of rotatable bonds is 2. The third-order valence-electron chi connectivity index (χ3n) is 2.14. The molecule has 0 saturated heterocycles. The minimum atomic E-state index is -0.328. The van der Waals surface area contributed by atoms with Gasteiger partial charge in [-0.1, -0.05) is 53.5 Å². The van der Waals surface area contributed by atoms with Gasteiger partial charge in [-0.2, -0.15) is 0 Å². The fourth-order valence-corrected chi connectivity index (χ4v) is 1.62. The van der Waals surface area contributed by atoms with Gasteiger partial charge in [-0.05, 0) is 5.56 Å². The van der Waals surface area contributed by atoms with E-state index in [4.69, 9.17) is 23.2 Å². The van der Waals surface area contributed by atoms with E-state index >= 15 is 0 Å². The van der Waals surface area contributed by atoms with E-state index in [1.165, 1.54) is 10.9 Å². The molecular weight excluding hydrogens is 247 g/mol. The molecular formula is C11H8Cl2N2O. The van der Waals surface area contributed by atoms with Crippen molar-refractivity contribution >= 4 is 23.2 Å². The zero-order chi connectivity index (χ0) is 11.5. The van der Waals surface area contributed by atoms with E-state index in [9.17, 15) is 4.79 Å². The Morgan fingerprint density at radius 1 is 1.19 bits per heavy atom. The minimum Gasteiger partial charge on any atom is -0.293 e. The molecule has 1 heterocycles. The number of aromatic nitrogens is 2. The van der Waals surface area contributed by atoms with Gasteiger partial charge in [-0.15, -0.1) is 0 Å². The van der Waals surface area contributed by atoms with Crippen LogP contribution in [0.25, 0.3) is 0 Å². The second kappa shape index (κ2) is 4.68. The Hall–Kier alpha value is -1.32. The van der Waals surface area contributed by atoms with Gasteiger partial charge in [0.15, 0.2) is 5.15 Å². The highest BCUT2D eigenvalue weighted by atomic mass is 35.5. The van der Waals surface area contributed by atoms with Crippen molar-refractivity contribution in [2.75, 3.05) is 0 Å². The highest BCUT2D eigenvalue weighted by Crippen LogP contribution is 2.13. The lowest BCUT2D eigenvalue weighted by atomic mass is 10.2. The molecule has 0 aliphatic rings. The summed E-state index contributed by atoms with van der Waals surface area (Å²) in [7, 11) is 0. The third kappa shape index (κ3) is 2.26. The molecule has 5 heteroatoms. The Bertz CT molecular complexity index is 552. The molecule has 1 aromatic heterocycles. The van der Waals surface area contributed by atoms with Crippen molar-refractivity contribution in [3.63, 3.8) is 0 Å². The Labute approximate surface area is 102 Å². The fourth-order valence-electron chi connectivity index (χ4n) is 1.34. The van der Waals surface area contributed by atoms with Gasteiger partial charge in [0.25, 0.3) is 5.56 Å². The van der Waals surface area contributed by atoms with Crippen LogP contribution < -0.4 is 5.56 Å². The molecule has 2 rings (SSSR count). The first-order valence-electron chi connectivity index (χ1n) is 4.63. The summed E-state index contributed by atoms with van der Waals surface area (Å²) in [5.74, 6) is 0. The standard InChI is InChI=1S/C11H8Cl2N2O/c12-9-10(13)14-7-15(11(9)16)6-8-4-2-1-3-5-8/h1-5,7H,6H2. The van der Waals surface area contributed by atoms with Crippen molar-refractivity contribution in [3.05, 3.63) is 62.8 Å². The molecule has 0 amide bonds. The first-order valence-corrected chi connectivity index (χ1v) is 5.38. The summed E-state index contributed by atoms with van der Waals surface area (Å²) in [5.41, 5.74) is 0.676. The van der Waals surface area contributed by atoms with Crippen LogP contribution in [0.1, 0.15) is 5.56 Å². The van der Waals surface area contributed by atoms with E-state index in [0.29, 0.717) is 6.54 Å². The summed E-state index contributed by atoms with van der Waals surface area (Å²) >= 11 is 11.4. The van der Waals surface area contributed by atoms with E-state index < -0.39 is 0 Å². The Morgan fingerprint density at radius 3 is 2.56 bits per heavy atom. The molecule has 3 nitrogen and oxygen atoms in total. The number of benzene rings is 1. The van der Waals surface area contributed by atoms with Crippen LogP contribution in [0.3, 0.4) is 0 Å². The topological polar surface area (TPSA) is 34.9 Å². The van der Waals surface area contributed by atoms with Crippen molar-refractivity contribution in [1.29, 1.82) is 0 Å². The lowest BCUT2D eigenvalue weighted by Crippen LogP contribution is -2.21.